The maximum atomic E-state index is 12.7. The number of rotatable bonds is 7. The number of non-ortho nitro benzene ring substituents is 1. The molecule has 0 saturated heterocycles. The van der Waals surface area contributed by atoms with Crippen molar-refractivity contribution in [3.05, 3.63) is 73.2 Å². The van der Waals surface area contributed by atoms with Crippen molar-refractivity contribution in [1.82, 2.24) is 4.98 Å². The van der Waals surface area contributed by atoms with Crippen molar-refractivity contribution in [2.24, 2.45) is 0 Å². The molecule has 0 aliphatic rings. The Labute approximate surface area is 175 Å². The maximum absolute atomic E-state index is 12.7. The number of hydrogen-bond donors (Lipinski definition) is 1. The van der Waals surface area contributed by atoms with Crippen LogP contribution in [0.3, 0.4) is 0 Å². The molecule has 0 atom stereocenters. The van der Waals surface area contributed by atoms with E-state index in [4.69, 9.17) is 21.1 Å². The van der Waals surface area contributed by atoms with Crippen molar-refractivity contribution >= 4 is 40.2 Å². The van der Waals surface area contributed by atoms with Crippen LogP contribution in [0, 0.1) is 17.0 Å². The van der Waals surface area contributed by atoms with E-state index in [1.807, 2.05) is 0 Å². The maximum Gasteiger partial charge on any atom is 0.271 e. The van der Waals surface area contributed by atoms with E-state index in [2.05, 4.69) is 10.3 Å². The van der Waals surface area contributed by atoms with Crippen LogP contribution in [0.2, 0.25) is 5.02 Å². The predicted molar refractivity (Wildman–Crippen MR) is 110 cm³/mol. The second-order valence-corrected chi connectivity index (χ2v) is 7.38. The van der Waals surface area contributed by atoms with Crippen molar-refractivity contribution in [3.8, 4) is 11.5 Å². The minimum atomic E-state index is -0.542. The highest BCUT2D eigenvalue weighted by Crippen LogP contribution is 2.30. The number of anilines is 1. The molecule has 3 aromatic rings. The smallest absolute Gasteiger partial charge is 0.271 e. The number of carbonyl (C=O) groups excluding carboxylic acids is 1. The lowest BCUT2D eigenvalue weighted by Crippen LogP contribution is -2.12. The molecule has 0 radical (unpaired) electrons. The first-order valence-electron chi connectivity index (χ1n) is 8.36. The third-order valence-corrected chi connectivity index (χ3v) is 5.25. The molecule has 1 heterocycles. The number of nitro groups is 1. The van der Waals surface area contributed by atoms with Gasteiger partial charge in [0, 0.05) is 17.2 Å². The van der Waals surface area contributed by atoms with Crippen molar-refractivity contribution < 1.29 is 19.2 Å². The van der Waals surface area contributed by atoms with E-state index in [1.165, 1.54) is 36.6 Å². The van der Waals surface area contributed by atoms with Crippen LogP contribution in [0.25, 0.3) is 0 Å². The minimum absolute atomic E-state index is 0.154. The van der Waals surface area contributed by atoms with Gasteiger partial charge in [0.25, 0.3) is 11.6 Å². The summed E-state index contributed by atoms with van der Waals surface area (Å²) in [5.41, 5.74) is 0.587. The quantitative estimate of drug-likeness (QED) is 0.421. The second-order valence-electron chi connectivity index (χ2n) is 5.86. The van der Waals surface area contributed by atoms with Crippen LogP contribution in [0.5, 0.6) is 11.5 Å². The molecule has 1 N–H and O–H groups in total. The van der Waals surface area contributed by atoms with Crippen molar-refractivity contribution in [2.75, 3.05) is 12.4 Å². The highest BCUT2D eigenvalue weighted by atomic mass is 35.5. The summed E-state index contributed by atoms with van der Waals surface area (Å²) in [6.45, 7) is 1.91. The number of hydrogen-bond acceptors (Lipinski definition) is 7. The van der Waals surface area contributed by atoms with Gasteiger partial charge < -0.3 is 14.8 Å². The number of benzene rings is 2. The number of amides is 1. The SMILES string of the molecule is COc1ccc([N+](=O)[O-])cc1NC(=O)c1sc(COc2ccc(Cl)cc2)nc1C. The van der Waals surface area contributed by atoms with E-state index >= 15 is 0 Å². The van der Waals surface area contributed by atoms with Gasteiger partial charge in [-0.25, -0.2) is 4.98 Å². The highest BCUT2D eigenvalue weighted by Gasteiger charge is 2.19. The number of nitrogens with one attached hydrogen (secondary N) is 1. The average molecular weight is 434 g/mol. The lowest BCUT2D eigenvalue weighted by Gasteiger charge is -2.09. The Hall–Kier alpha value is -3.17. The predicted octanol–water partition coefficient (Wildman–Crippen LogP) is 4.85. The zero-order chi connectivity index (χ0) is 21.0. The number of aryl methyl sites for hydroxylation is 1. The Morgan fingerprint density at radius 1 is 1.28 bits per heavy atom. The number of nitrogens with zero attached hydrogens (tertiary/aromatic N) is 2. The number of thiazole rings is 1. The molecule has 3 rings (SSSR count). The van der Waals surface area contributed by atoms with Gasteiger partial charge in [0.15, 0.2) is 0 Å². The van der Waals surface area contributed by atoms with E-state index in [9.17, 15) is 14.9 Å². The van der Waals surface area contributed by atoms with E-state index in [0.29, 0.717) is 32.1 Å². The summed E-state index contributed by atoms with van der Waals surface area (Å²) in [7, 11) is 1.42. The summed E-state index contributed by atoms with van der Waals surface area (Å²) in [6.07, 6.45) is 0. The number of ether oxygens (including phenoxy) is 2. The monoisotopic (exact) mass is 433 g/mol. The first kappa shape index (κ1) is 20.6. The molecule has 0 spiro atoms. The number of halogens is 1. The van der Waals surface area contributed by atoms with E-state index in [-0.39, 0.29) is 18.0 Å². The Morgan fingerprint density at radius 2 is 2.00 bits per heavy atom. The molecule has 0 aliphatic carbocycles. The van der Waals surface area contributed by atoms with Gasteiger partial charge in [0.2, 0.25) is 0 Å². The molecule has 0 fully saturated rings. The lowest BCUT2D eigenvalue weighted by atomic mass is 10.2. The fourth-order valence-corrected chi connectivity index (χ4v) is 3.49. The molecule has 1 aromatic heterocycles. The zero-order valence-electron chi connectivity index (χ0n) is 15.5. The normalized spacial score (nSPS) is 10.4. The zero-order valence-corrected chi connectivity index (χ0v) is 17.0. The third-order valence-electron chi connectivity index (χ3n) is 3.87. The molecule has 10 heteroatoms. The lowest BCUT2D eigenvalue weighted by molar-refractivity contribution is -0.384. The van der Waals surface area contributed by atoms with Gasteiger partial charge >= 0.3 is 0 Å². The highest BCUT2D eigenvalue weighted by molar-refractivity contribution is 7.13. The fraction of sp³-hybridized carbons (Fsp3) is 0.158. The summed E-state index contributed by atoms with van der Waals surface area (Å²) in [5, 5.41) is 14.9. The van der Waals surface area contributed by atoms with Crippen LogP contribution in [-0.4, -0.2) is 22.9 Å². The molecule has 0 aliphatic heterocycles. The molecule has 2 aromatic carbocycles. The van der Waals surface area contributed by atoms with Crippen molar-refractivity contribution in [3.63, 3.8) is 0 Å². The number of methoxy groups -OCH3 is 1. The summed E-state index contributed by atoms with van der Waals surface area (Å²) in [5.74, 6) is 0.517. The minimum Gasteiger partial charge on any atom is -0.495 e. The van der Waals surface area contributed by atoms with Gasteiger partial charge in [-0.3, -0.25) is 14.9 Å². The Balaban J connectivity index is 1.74. The number of nitro benzene ring substituents is 1. The van der Waals surface area contributed by atoms with E-state index in [1.54, 1.807) is 31.2 Å². The number of aromatic nitrogens is 1. The van der Waals surface area contributed by atoms with Gasteiger partial charge in [-0.2, -0.15) is 0 Å². The summed E-state index contributed by atoms with van der Waals surface area (Å²) < 4.78 is 10.8. The van der Waals surface area contributed by atoms with Gasteiger partial charge in [0.05, 0.1) is 23.4 Å². The van der Waals surface area contributed by atoms with Crippen LogP contribution < -0.4 is 14.8 Å². The number of carbonyl (C=O) groups is 1. The van der Waals surface area contributed by atoms with Crippen LogP contribution in [0.1, 0.15) is 20.4 Å². The fourth-order valence-electron chi connectivity index (χ4n) is 2.49. The van der Waals surface area contributed by atoms with Gasteiger partial charge in [-0.1, -0.05) is 11.6 Å². The molecule has 0 unspecified atom stereocenters. The van der Waals surface area contributed by atoms with Gasteiger partial charge in [-0.15, -0.1) is 11.3 Å². The van der Waals surface area contributed by atoms with Crippen LogP contribution in [0.15, 0.2) is 42.5 Å². The molecule has 150 valence electrons. The summed E-state index contributed by atoms with van der Waals surface area (Å²) in [4.78, 5) is 27.9. The molecule has 8 nitrogen and oxygen atoms in total. The summed E-state index contributed by atoms with van der Waals surface area (Å²) >= 11 is 7.03. The second kappa shape index (κ2) is 8.89. The Morgan fingerprint density at radius 3 is 2.66 bits per heavy atom. The molecule has 0 bridgehead atoms. The molecular formula is C19H16ClN3O5S. The topological polar surface area (TPSA) is 104 Å². The van der Waals surface area contributed by atoms with Gasteiger partial charge in [-0.05, 0) is 37.3 Å². The largest absolute Gasteiger partial charge is 0.495 e. The van der Waals surface area contributed by atoms with Gasteiger partial charge in [0.1, 0.15) is 28.0 Å². The Bertz CT molecular complexity index is 1050. The standard InChI is InChI=1S/C19H16ClN3O5S/c1-11-18(29-17(21-11)10-28-14-6-3-12(20)4-7-14)19(24)22-15-9-13(23(25)26)5-8-16(15)27-2/h3-9H,10H2,1-2H3,(H,22,24). The molecule has 0 saturated carbocycles. The molecule has 29 heavy (non-hydrogen) atoms. The average Bonchev–Trinajstić information content (AvgIpc) is 3.08. The van der Waals surface area contributed by atoms with E-state index < -0.39 is 10.8 Å². The summed E-state index contributed by atoms with van der Waals surface area (Å²) in [6, 6.07) is 10.9. The first-order valence-corrected chi connectivity index (χ1v) is 9.55. The van der Waals surface area contributed by atoms with Crippen LogP contribution >= 0.6 is 22.9 Å². The first-order chi connectivity index (χ1) is 13.9. The van der Waals surface area contributed by atoms with Crippen molar-refractivity contribution in [2.45, 2.75) is 13.5 Å². The van der Waals surface area contributed by atoms with E-state index in [0.717, 1.165) is 0 Å². The molecular weight excluding hydrogens is 418 g/mol. The van der Waals surface area contributed by atoms with Crippen molar-refractivity contribution in [1.29, 1.82) is 0 Å². The van der Waals surface area contributed by atoms with Crippen LogP contribution in [-0.2, 0) is 6.61 Å². The Kier molecular flexibility index (Phi) is 6.30. The van der Waals surface area contributed by atoms with Crippen LogP contribution in [0.4, 0.5) is 11.4 Å². The third kappa shape index (κ3) is 5.01. The molecule has 1 amide bonds.